The minimum atomic E-state index is -3.98. The van der Waals surface area contributed by atoms with Crippen LogP contribution in [0.4, 0.5) is 4.39 Å². The number of aliphatic hydroxyl groups excluding tert-OH is 1. The molecule has 0 aliphatic carbocycles. The van der Waals surface area contributed by atoms with Crippen molar-refractivity contribution in [2.75, 3.05) is 6.66 Å². The van der Waals surface area contributed by atoms with Gasteiger partial charge in [0.2, 0.25) is 13.3 Å². The lowest BCUT2D eigenvalue weighted by molar-refractivity contribution is 0.269. The van der Waals surface area contributed by atoms with Gasteiger partial charge in [-0.25, -0.2) is 4.39 Å². The van der Waals surface area contributed by atoms with Gasteiger partial charge >= 0.3 is 0 Å². The molecular weight excluding hydrogens is 236 g/mol. The van der Waals surface area contributed by atoms with Crippen LogP contribution in [0, 0.1) is 6.92 Å². The Kier molecular flexibility index (Phi) is 3.68. The highest BCUT2D eigenvalue weighted by molar-refractivity contribution is 7.57. The number of hydrogen-bond acceptors (Lipinski definition) is 4. The molecule has 0 aromatic carbocycles. The highest BCUT2D eigenvalue weighted by Gasteiger charge is 2.30. The predicted octanol–water partition coefficient (Wildman–Crippen LogP) is 1.46. The molecule has 0 saturated heterocycles. The van der Waals surface area contributed by atoms with E-state index in [0.29, 0.717) is 0 Å². The first kappa shape index (κ1) is 13.1. The summed E-state index contributed by atoms with van der Waals surface area (Å²) in [6.45, 7) is 1.73. The van der Waals surface area contributed by atoms with E-state index in [1.165, 1.54) is 6.92 Å². The molecule has 0 saturated carbocycles. The number of aliphatic hydroxyl groups is 1. The van der Waals surface area contributed by atoms with Crippen LogP contribution in [0.5, 0.6) is 5.75 Å². The molecule has 0 fully saturated rings. The molecule has 0 amide bonds. The number of aryl methyl sites for hydroxylation is 1. The summed E-state index contributed by atoms with van der Waals surface area (Å²) in [5.74, 6) is -2.51. The topological polar surface area (TPSA) is 90.7 Å². The van der Waals surface area contributed by atoms with Crippen molar-refractivity contribution in [3.63, 3.8) is 0 Å². The second kappa shape index (κ2) is 4.49. The summed E-state index contributed by atoms with van der Waals surface area (Å²) < 4.78 is 24.8. The Morgan fingerprint density at radius 2 is 2.19 bits per heavy atom. The minimum Gasteiger partial charge on any atom is -0.506 e. The Morgan fingerprint density at radius 1 is 1.62 bits per heavy atom. The number of alkyl halides is 1. The number of halogens is 1. The van der Waals surface area contributed by atoms with Gasteiger partial charge in [0.05, 0.1) is 12.3 Å². The van der Waals surface area contributed by atoms with Crippen LogP contribution in [0.25, 0.3) is 0 Å². The first-order chi connectivity index (χ1) is 7.29. The van der Waals surface area contributed by atoms with Gasteiger partial charge in [0.15, 0.2) is 0 Å². The van der Waals surface area contributed by atoms with Crippen LogP contribution >= 0.6 is 7.37 Å². The third-order valence-electron chi connectivity index (χ3n) is 2.21. The van der Waals surface area contributed by atoms with Gasteiger partial charge < -0.3 is 15.1 Å². The second-order valence-electron chi connectivity index (χ2n) is 3.56. The van der Waals surface area contributed by atoms with Crippen LogP contribution in [0.1, 0.15) is 22.7 Å². The van der Waals surface area contributed by atoms with Gasteiger partial charge in [0.25, 0.3) is 0 Å². The van der Waals surface area contributed by atoms with Gasteiger partial charge in [-0.2, -0.15) is 0 Å². The molecule has 16 heavy (non-hydrogen) atoms. The lowest BCUT2D eigenvalue weighted by atomic mass is 10.1. The molecule has 1 aromatic rings. The zero-order valence-corrected chi connectivity index (χ0v) is 9.78. The fraction of sp³-hybridized carbons (Fsp3) is 0.444. The summed E-state index contributed by atoms with van der Waals surface area (Å²) >= 11 is 0. The SMILES string of the molecule is Cc1ncc(C(F)P(C)(=O)O)c(CO)c1O. The Bertz CT molecular complexity index is 445. The molecule has 2 unspecified atom stereocenters. The number of pyridine rings is 1. The number of aromatic hydroxyl groups is 1. The number of aromatic nitrogens is 1. The maximum Gasteiger partial charge on any atom is 0.235 e. The summed E-state index contributed by atoms with van der Waals surface area (Å²) in [4.78, 5) is 12.8. The van der Waals surface area contributed by atoms with E-state index < -0.39 is 19.9 Å². The Balaban J connectivity index is 3.35. The summed E-state index contributed by atoms with van der Waals surface area (Å²) in [6, 6.07) is 0. The van der Waals surface area contributed by atoms with E-state index in [1.807, 2.05) is 0 Å². The van der Waals surface area contributed by atoms with E-state index in [2.05, 4.69) is 4.98 Å². The van der Waals surface area contributed by atoms with Crippen LogP contribution in [0.15, 0.2) is 6.20 Å². The molecule has 0 bridgehead atoms. The number of rotatable bonds is 3. The summed E-state index contributed by atoms with van der Waals surface area (Å²) in [7, 11) is -3.98. The molecule has 0 aliphatic heterocycles. The van der Waals surface area contributed by atoms with Gasteiger partial charge in [-0.05, 0) is 6.92 Å². The van der Waals surface area contributed by atoms with Gasteiger partial charge in [0.1, 0.15) is 5.75 Å². The molecule has 90 valence electrons. The molecule has 0 radical (unpaired) electrons. The quantitative estimate of drug-likeness (QED) is 0.705. The average Bonchev–Trinajstić information content (AvgIpc) is 2.19. The maximum atomic E-state index is 13.6. The summed E-state index contributed by atoms with van der Waals surface area (Å²) in [6.07, 6.45) is 1.05. The van der Waals surface area contributed by atoms with E-state index >= 15 is 0 Å². The maximum absolute atomic E-state index is 13.6. The van der Waals surface area contributed by atoms with Crippen molar-refractivity contribution < 1.29 is 24.1 Å². The first-order valence-electron chi connectivity index (χ1n) is 4.51. The van der Waals surface area contributed by atoms with Crippen LogP contribution in [-0.2, 0) is 11.2 Å². The van der Waals surface area contributed by atoms with Crippen molar-refractivity contribution in [3.05, 3.63) is 23.0 Å². The monoisotopic (exact) mass is 249 g/mol. The Labute approximate surface area is 92.0 Å². The molecule has 1 rings (SSSR count). The molecule has 5 nitrogen and oxygen atoms in total. The largest absolute Gasteiger partial charge is 0.506 e. The summed E-state index contributed by atoms with van der Waals surface area (Å²) in [5.41, 5.74) is -0.126. The fourth-order valence-corrected chi connectivity index (χ4v) is 2.03. The number of hydrogen-bond donors (Lipinski definition) is 3. The molecule has 0 aliphatic rings. The molecule has 3 N–H and O–H groups in total. The normalized spacial score (nSPS) is 16.8. The van der Waals surface area contributed by atoms with E-state index in [9.17, 15) is 14.1 Å². The molecule has 0 spiro atoms. The van der Waals surface area contributed by atoms with Crippen LogP contribution in [0.3, 0.4) is 0 Å². The van der Waals surface area contributed by atoms with E-state index in [-0.39, 0.29) is 22.6 Å². The van der Waals surface area contributed by atoms with Crippen LogP contribution in [-0.4, -0.2) is 26.8 Å². The molecule has 7 heteroatoms. The van der Waals surface area contributed by atoms with E-state index in [0.717, 1.165) is 12.9 Å². The highest BCUT2D eigenvalue weighted by Crippen LogP contribution is 2.54. The molecule has 1 aromatic heterocycles. The van der Waals surface area contributed by atoms with Crippen LogP contribution in [0.2, 0.25) is 0 Å². The third kappa shape index (κ3) is 2.40. The van der Waals surface area contributed by atoms with Crippen LogP contribution < -0.4 is 0 Å². The third-order valence-corrected chi connectivity index (χ3v) is 3.33. The Hall–Kier alpha value is -0.970. The van der Waals surface area contributed by atoms with Crippen molar-refractivity contribution in [2.45, 2.75) is 19.4 Å². The molecule has 2 atom stereocenters. The van der Waals surface area contributed by atoms with Crippen molar-refractivity contribution in [3.8, 4) is 5.75 Å². The van der Waals surface area contributed by atoms with E-state index in [1.54, 1.807) is 0 Å². The van der Waals surface area contributed by atoms with Gasteiger partial charge in [-0.15, -0.1) is 0 Å². The van der Waals surface area contributed by atoms with Crippen molar-refractivity contribution in [1.29, 1.82) is 0 Å². The standard InChI is InChI=1S/C9H13FNO4P/c1-5-8(13)7(4-12)6(3-11-5)9(10)16(2,14)15/h3,9,12-13H,4H2,1-2H3,(H,14,15). The zero-order valence-electron chi connectivity index (χ0n) is 8.88. The smallest absolute Gasteiger partial charge is 0.235 e. The fourth-order valence-electron chi connectivity index (χ4n) is 1.29. The van der Waals surface area contributed by atoms with Crippen molar-refractivity contribution >= 4 is 7.37 Å². The number of nitrogens with zero attached hydrogens (tertiary/aromatic N) is 1. The average molecular weight is 249 g/mol. The van der Waals surface area contributed by atoms with Crippen molar-refractivity contribution in [2.24, 2.45) is 0 Å². The molecular formula is C9H13FNO4P. The lowest BCUT2D eigenvalue weighted by Crippen LogP contribution is -2.02. The second-order valence-corrected chi connectivity index (χ2v) is 5.90. The lowest BCUT2D eigenvalue weighted by Gasteiger charge is -2.16. The Morgan fingerprint density at radius 3 is 2.62 bits per heavy atom. The summed E-state index contributed by atoms with van der Waals surface area (Å²) in [5, 5.41) is 18.5. The predicted molar refractivity (Wildman–Crippen MR) is 56.2 cm³/mol. The minimum absolute atomic E-state index is 0.101. The molecule has 1 heterocycles. The van der Waals surface area contributed by atoms with Gasteiger partial charge in [0, 0.05) is 24.0 Å². The van der Waals surface area contributed by atoms with E-state index in [4.69, 9.17) is 10.00 Å². The highest BCUT2D eigenvalue weighted by atomic mass is 31.2. The first-order valence-corrected chi connectivity index (χ1v) is 6.68. The van der Waals surface area contributed by atoms with Crippen molar-refractivity contribution in [1.82, 2.24) is 4.98 Å². The van der Waals surface area contributed by atoms with Gasteiger partial charge in [-0.1, -0.05) is 0 Å². The van der Waals surface area contributed by atoms with Gasteiger partial charge in [-0.3, -0.25) is 9.55 Å². The zero-order chi connectivity index (χ0) is 12.5.